The molecule has 2 aromatic carbocycles. The molecule has 2 N–H and O–H groups in total. The van der Waals surface area contributed by atoms with Gasteiger partial charge in [0.1, 0.15) is 11.8 Å². The van der Waals surface area contributed by atoms with Gasteiger partial charge in [0, 0.05) is 5.39 Å². The second-order valence-electron chi connectivity index (χ2n) is 8.89. The van der Waals surface area contributed by atoms with Crippen LogP contribution in [-0.4, -0.2) is 42.2 Å². The van der Waals surface area contributed by atoms with E-state index in [9.17, 15) is 19.5 Å². The van der Waals surface area contributed by atoms with Crippen LogP contribution in [0.1, 0.15) is 88.4 Å². The Labute approximate surface area is 208 Å². The number of nitrogens with one attached hydrogen (secondary N) is 1. The van der Waals surface area contributed by atoms with Gasteiger partial charge in [-0.2, -0.15) is 0 Å². The number of aromatic hydroxyl groups is 1. The molecule has 2 aromatic rings. The number of ether oxygens (including phenoxy) is 2. The smallest absolute Gasteiger partial charge is 0.344 e. The van der Waals surface area contributed by atoms with E-state index < -0.39 is 30.5 Å². The molecule has 0 saturated carbocycles. The van der Waals surface area contributed by atoms with E-state index in [0.29, 0.717) is 12.0 Å². The van der Waals surface area contributed by atoms with Crippen molar-refractivity contribution >= 4 is 28.6 Å². The van der Waals surface area contributed by atoms with Crippen molar-refractivity contribution in [3.05, 3.63) is 42.0 Å². The average molecular weight is 486 g/mol. The third-order valence-corrected chi connectivity index (χ3v) is 5.94. The normalized spacial score (nSPS) is 11.7. The molecule has 0 aromatic heterocycles. The van der Waals surface area contributed by atoms with E-state index in [1.807, 2.05) is 12.1 Å². The van der Waals surface area contributed by atoms with E-state index >= 15 is 0 Å². The molecule has 0 aliphatic heterocycles. The van der Waals surface area contributed by atoms with E-state index in [1.54, 1.807) is 18.2 Å². The number of amides is 1. The Morgan fingerprint density at radius 1 is 0.857 bits per heavy atom. The highest BCUT2D eigenvalue weighted by molar-refractivity contribution is 6.04. The van der Waals surface area contributed by atoms with Gasteiger partial charge in [0.25, 0.3) is 5.91 Å². The largest absolute Gasteiger partial charge is 0.506 e. The molecule has 0 bridgehead atoms. The number of phenolic OH excluding ortho intramolecular Hbond substituents is 1. The van der Waals surface area contributed by atoms with Crippen LogP contribution in [0.15, 0.2) is 36.4 Å². The van der Waals surface area contributed by atoms with Crippen LogP contribution < -0.4 is 5.32 Å². The van der Waals surface area contributed by atoms with Gasteiger partial charge in [-0.1, -0.05) is 95.0 Å². The number of carbonyl (C=O) groups is 3. The van der Waals surface area contributed by atoms with Crippen molar-refractivity contribution in [3.63, 3.8) is 0 Å². The lowest BCUT2D eigenvalue weighted by atomic mass is 10.0. The number of esters is 2. The average Bonchev–Trinajstić information content (AvgIpc) is 2.86. The summed E-state index contributed by atoms with van der Waals surface area (Å²) in [6.07, 6.45) is 11.9. The molecular formula is C28H39NO6. The van der Waals surface area contributed by atoms with E-state index in [0.717, 1.165) is 24.6 Å². The number of fused-ring (bicyclic) bond motifs is 1. The zero-order chi connectivity index (χ0) is 25.5. The summed E-state index contributed by atoms with van der Waals surface area (Å²) < 4.78 is 10.1. The van der Waals surface area contributed by atoms with Crippen LogP contribution in [0.4, 0.5) is 0 Å². The Bertz CT molecular complexity index is 958. The first-order valence-electron chi connectivity index (χ1n) is 12.8. The number of rotatable bonds is 16. The lowest BCUT2D eigenvalue weighted by Crippen LogP contribution is -2.40. The van der Waals surface area contributed by atoms with Gasteiger partial charge in [0.15, 0.2) is 6.61 Å². The number of phenols is 1. The Hall–Kier alpha value is -3.09. The molecule has 1 amide bonds. The number of carbonyl (C=O) groups excluding carboxylic acids is 3. The number of hydrogen-bond donors (Lipinski definition) is 2. The van der Waals surface area contributed by atoms with Crippen LogP contribution in [0, 0.1) is 0 Å². The van der Waals surface area contributed by atoms with Gasteiger partial charge in [-0.25, -0.2) is 9.59 Å². The fourth-order valence-corrected chi connectivity index (χ4v) is 3.84. The summed E-state index contributed by atoms with van der Waals surface area (Å²) >= 11 is 0. The van der Waals surface area contributed by atoms with Crippen molar-refractivity contribution in [1.29, 1.82) is 0 Å². The first-order chi connectivity index (χ1) is 16.9. The molecule has 0 fully saturated rings. The zero-order valence-corrected chi connectivity index (χ0v) is 21.0. The molecule has 0 aliphatic carbocycles. The van der Waals surface area contributed by atoms with E-state index in [1.165, 1.54) is 57.9 Å². The summed E-state index contributed by atoms with van der Waals surface area (Å²) in [5, 5.41) is 14.2. The SMILES string of the molecule is CCCCCCCCCCCCOC(=O)COC(=O)C(C)NC(=O)c1ccc2ccccc2c1O. The molecule has 0 aliphatic rings. The zero-order valence-electron chi connectivity index (χ0n) is 21.0. The molecule has 192 valence electrons. The Kier molecular flexibility index (Phi) is 12.7. The quantitative estimate of drug-likeness (QED) is 0.235. The minimum Gasteiger partial charge on any atom is -0.506 e. The third kappa shape index (κ3) is 9.97. The molecule has 0 radical (unpaired) electrons. The van der Waals surface area contributed by atoms with Crippen LogP contribution in [0.25, 0.3) is 10.8 Å². The highest BCUT2D eigenvalue weighted by Gasteiger charge is 2.21. The van der Waals surface area contributed by atoms with Crippen LogP contribution in [-0.2, 0) is 19.1 Å². The summed E-state index contributed by atoms with van der Waals surface area (Å²) in [5.41, 5.74) is 0.0549. The Balaban J connectivity index is 1.60. The van der Waals surface area contributed by atoms with Gasteiger partial charge in [-0.05, 0) is 24.8 Å². The minimum atomic E-state index is -0.997. The van der Waals surface area contributed by atoms with Crippen molar-refractivity contribution < 1.29 is 29.0 Å². The van der Waals surface area contributed by atoms with E-state index in [4.69, 9.17) is 9.47 Å². The van der Waals surface area contributed by atoms with Crippen molar-refractivity contribution in [2.75, 3.05) is 13.2 Å². The lowest BCUT2D eigenvalue weighted by Gasteiger charge is -2.14. The molecule has 7 nitrogen and oxygen atoms in total. The van der Waals surface area contributed by atoms with Gasteiger partial charge in [-0.15, -0.1) is 0 Å². The van der Waals surface area contributed by atoms with Crippen LogP contribution >= 0.6 is 0 Å². The highest BCUT2D eigenvalue weighted by atomic mass is 16.6. The molecule has 1 atom stereocenters. The van der Waals surface area contributed by atoms with Crippen molar-refractivity contribution in [3.8, 4) is 5.75 Å². The third-order valence-electron chi connectivity index (χ3n) is 5.94. The van der Waals surface area contributed by atoms with Crippen LogP contribution in [0.2, 0.25) is 0 Å². The van der Waals surface area contributed by atoms with Gasteiger partial charge in [0.2, 0.25) is 0 Å². The second-order valence-corrected chi connectivity index (χ2v) is 8.89. The van der Waals surface area contributed by atoms with Crippen molar-refractivity contribution in [2.24, 2.45) is 0 Å². The summed E-state index contributed by atoms with van der Waals surface area (Å²) in [7, 11) is 0. The van der Waals surface area contributed by atoms with Crippen molar-refractivity contribution in [2.45, 2.75) is 84.1 Å². The Morgan fingerprint density at radius 3 is 2.17 bits per heavy atom. The first kappa shape index (κ1) is 28.1. The van der Waals surface area contributed by atoms with Gasteiger partial charge >= 0.3 is 11.9 Å². The second kappa shape index (κ2) is 15.7. The molecule has 0 saturated heterocycles. The predicted octanol–water partition coefficient (Wildman–Crippen LogP) is 5.67. The van der Waals surface area contributed by atoms with E-state index in [2.05, 4.69) is 12.2 Å². The fourth-order valence-electron chi connectivity index (χ4n) is 3.84. The molecule has 1 unspecified atom stereocenters. The maximum atomic E-state index is 12.5. The molecule has 0 spiro atoms. The van der Waals surface area contributed by atoms with Crippen molar-refractivity contribution in [1.82, 2.24) is 5.32 Å². The maximum Gasteiger partial charge on any atom is 0.344 e. The summed E-state index contributed by atoms with van der Waals surface area (Å²) in [5.74, 6) is -2.13. The standard InChI is InChI=1S/C28H39NO6/c1-3-4-5-6-7-8-9-10-11-14-19-34-25(30)20-35-28(33)21(2)29-27(32)24-18-17-22-15-12-13-16-23(22)26(24)31/h12-13,15-18,21,31H,3-11,14,19-20H2,1-2H3,(H,29,32). The molecular weight excluding hydrogens is 446 g/mol. The minimum absolute atomic E-state index is 0.0549. The van der Waals surface area contributed by atoms with Gasteiger partial charge in [-0.3, -0.25) is 4.79 Å². The first-order valence-corrected chi connectivity index (χ1v) is 12.8. The molecule has 0 heterocycles. The fraction of sp³-hybridized carbons (Fsp3) is 0.536. The van der Waals surface area contributed by atoms with Crippen LogP contribution in [0.5, 0.6) is 5.75 Å². The number of unbranched alkanes of at least 4 members (excludes halogenated alkanes) is 9. The molecule has 35 heavy (non-hydrogen) atoms. The number of benzene rings is 2. The summed E-state index contributed by atoms with van der Waals surface area (Å²) in [6, 6.07) is 9.35. The highest BCUT2D eigenvalue weighted by Crippen LogP contribution is 2.28. The molecule has 7 heteroatoms. The van der Waals surface area contributed by atoms with Gasteiger partial charge in [0.05, 0.1) is 12.2 Å². The summed E-state index contributed by atoms with van der Waals surface area (Å²) in [6.45, 7) is 3.48. The molecule has 2 rings (SSSR count). The monoisotopic (exact) mass is 485 g/mol. The van der Waals surface area contributed by atoms with Gasteiger partial charge < -0.3 is 19.9 Å². The predicted molar refractivity (Wildman–Crippen MR) is 136 cm³/mol. The number of hydrogen-bond acceptors (Lipinski definition) is 6. The lowest BCUT2D eigenvalue weighted by molar-refractivity contribution is -0.159. The van der Waals surface area contributed by atoms with Crippen LogP contribution in [0.3, 0.4) is 0 Å². The van der Waals surface area contributed by atoms with E-state index in [-0.39, 0.29) is 11.3 Å². The topological polar surface area (TPSA) is 102 Å². The Morgan fingerprint density at radius 2 is 1.49 bits per heavy atom. The summed E-state index contributed by atoms with van der Waals surface area (Å²) in [4.78, 5) is 36.5. The maximum absolute atomic E-state index is 12.5.